The minimum atomic E-state index is -0.182. The largest absolute Gasteiger partial charge is 0.322 e. The summed E-state index contributed by atoms with van der Waals surface area (Å²) < 4.78 is 4.60. The van der Waals surface area contributed by atoms with Crippen LogP contribution in [0, 0.1) is 13.8 Å². The molecule has 1 N–H and O–H groups in total. The minimum absolute atomic E-state index is 0.182. The Balaban J connectivity index is 1.50. The molecule has 0 radical (unpaired) electrons. The predicted molar refractivity (Wildman–Crippen MR) is 137 cm³/mol. The SMILES string of the molecule is Cc1nn(C)c(C)c1-c1cc(C(=O)Nc2cccc(Cn3cc(Br)cn3)c2)c2ccccc2n1. The van der Waals surface area contributed by atoms with Crippen molar-refractivity contribution >= 4 is 38.4 Å². The Kier molecular flexibility index (Phi) is 5.75. The summed E-state index contributed by atoms with van der Waals surface area (Å²) in [5.74, 6) is -0.182. The van der Waals surface area contributed by atoms with Gasteiger partial charge in [0.25, 0.3) is 5.91 Å². The van der Waals surface area contributed by atoms with Crippen molar-refractivity contribution in [3.05, 3.63) is 94.0 Å². The molecule has 3 heterocycles. The third kappa shape index (κ3) is 4.24. The summed E-state index contributed by atoms with van der Waals surface area (Å²) in [7, 11) is 1.91. The lowest BCUT2D eigenvalue weighted by molar-refractivity contribution is 0.102. The molecule has 0 aliphatic rings. The van der Waals surface area contributed by atoms with E-state index in [0.29, 0.717) is 12.1 Å². The molecule has 0 saturated carbocycles. The van der Waals surface area contributed by atoms with E-state index in [1.165, 1.54) is 0 Å². The summed E-state index contributed by atoms with van der Waals surface area (Å²) in [6, 6.07) is 17.4. The van der Waals surface area contributed by atoms with Gasteiger partial charge in [0.05, 0.1) is 39.7 Å². The van der Waals surface area contributed by atoms with Gasteiger partial charge in [-0.05, 0) is 59.6 Å². The monoisotopic (exact) mass is 514 g/mol. The van der Waals surface area contributed by atoms with Gasteiger partial charge in [-0.15, -0.1) is 0 Å². The fourth-order valence-corrected chi connectivity index (χ4v) is 4.52. The van der Waals surface area contributed by atoms with Gasteiger partial charge in [0.2, 0.25) is 0 Å². The van der Waals surface area contributed by atoms with Crippen molar-refractivity contribution in [2.24, 2.45) is 7.05 Å². The van der Waals surface area contributed by atoms with Crippen LogP contribution in [-0.4, -0.2) is 30.5 Å². The quantitative estimate of drug-likeness (QED) is 0.335. The molecule has 5 aromatic rings. The zero-order valence-corrected chi connectivity index (χ0v) is 20.7. The van der Waals surface area contributed by atoms with E-state index in [2.05, 4.69) is 31.4 Å². The molecule has 0 aliphatic carbocycles. The van der Waals surface area contributed by atoms with Gasteiger partial charge in [0.1, 0.15) is 0 Å². The summed E-state index contributed by atoms with van der Waals surface area (Å²) >= 11 is 3.42. The highest BCUT2D eigenvalue weighted by Crippen LogP contribution is 2.29. The molecule has 0 spiro atoms. The maximum absolute atomic E-state index is 13.5. The Morgan fingerprint density at radius 3 is 2.65 bits per heavy atom. The molecule has 0 bridgehead atoms. The van der Waals surface area contributed by atoms with Crippen molar-refractivity contribution in [2.45, 2.75) is 20.4 Å². The average molecular weight is 515 g/mol. The maximum Gasteiger partial charge on any atom is 0.256 e. The van der Waals surface area contributed by atoms with Gasteiger partial charge >= 0.3 is 0 Å². The molecule has 0 saturated heterocycles. The number of carbonyl (C=O) groups excluding carboxylic acids is 1. The fourth-order valence-electron chi connectivity index (χ4n) is 4.19. The predicted octanol–water partition coefficient (Wildman–Crippen LogP) is 5.51. The van der Waals surface area contributed by atoms with E-state index >= 15 is 0 Å². The van der Waals surface area contributed by atoms with Crippen molar-refractivity contribution in [1.29, 1.82) is 0 Å². The number of anilines is 1. The van der Waals surface area contributed by atoms with Crippen LogP contribution in [0.15, 0.2) is 71.5 Å². The number of aromatic nitrogens is 5. The number of para-hydroxylation sites is 1. The summed E-state index contributed by atoms with van der Waals surface area (Å²) in [6.07, 6.45) is 3.67. The van der Waals surface area contributed by atoms with Crippen LogP contribution in [0.25, 0.3) is 22.2 Å². The van der Waals surface area contributed by atoms with Gasteiger partial charge < -0.3 is 5.32 Å². The Hall–Kier alpha value is -3.78. The van der Waals surface area contributed by atoms with Crippen molar-refractivity contribution < 1.29 is 4.79 Å². The summed E-state index contributed by atoms with van der Waals surface area (Å²) in [5, 5.41) is 12.7. The van der Waals surface area contributed by atoms with E-state index in [9.17, 15) is 4.79 Å². The zero-order chi connectivity index (χ0) is 23.8. The fraction of sp³-hybridized carbons (Fsp3) is 0.154. The van der Waals surface area contributed by atoms with Crippen molar-refractivity contribution in [3.63, 3.8) is 0 Å². The number of pyridine rings is 1. The average Bonchev–Trinajstić information content (AvgIpc) is 3.34. The van der Waals surface area contributed by atoms with Crippen LogP contribution in [0.2, 0.25) is 0 Å². The number of hydrogen-bond donors (Lipinski definition) is 1. The number of halogens is 1. The number of hydrogen-bond acceptors (Lipinski definition) is 4. The Bertz CT molecular complexity index is 1530. The van der Waals surface area contributed by atoms with Gasteiger partial charge in [-0.2, -0.15) is 10.2 Å². The van der Waals surface area contributed by atoms with Crippen molar-refractivity contribution in [2.75, 3.05) is 5.32 Å². The first-order chi connectivity index (χ1) is 16.4. The van der Waals surface area contributed by atoms with Crippen LogP contribution in [-0.2, 0) is 13.6 Å². The third-order valence-electron chi connectivity index (χ3n) is 5.86. The van der Waals surface area contributed by atoms with Crippen LogP contribution in [0.4, 0.5) is 5.69 Å². The van der Waals surface area contributed by atoms with Gasteiger partial charge in [-0.25, -0.2) is 4.98 Å². The number of carbonyl (C=O) groups is 1. The van der Waals surface area contributed by atoms with Crippen LogP contribution in [0.1, 0.15) is 27.3 Å². The zero-order valence-electron chi connectivity index (χ0n) is 19.1. The van der Waals surface area contributed by atoms with E-state index in [-0.39, 0.29) is 5.91 Å². The van der Waals surface area contributed by atoms with E-state index < -0.39 is 0 Å². The summed E-state index contributed by atoms with van der Waals surface area (Å²) in [5.41, 5.74) is 6.69. The molecule has 5 rings (SSSR count). The van der Waals surface area contributed by atoms with E-state index in [0.717, 1.165) is 49.3 Å². The Labute approximate surface area is 205 Å². The highest BCUT2D eigenvalue weighted by atomic mass is 79.9. The topological polar surface area (TPSA) is 77.6 Å². The molecule has 2 aromatic carbocycles. The van der Waals surface area contributed by atoms with E-state index in [1.54, 1.807) is 6.20 Å². The number of nitrogens with zero attached hydrogens (tertiary/aromatic N) is 5. The number of rotatable bonds is 5. The highest BCUT2D eigenvalue weighted by molar-refractivity contribution is 9.10. The number of amides is 1. The molecule has 0 unspecified atom stereocenters. The smallest absolute Gasteiger partial charge is 0.256 e. The second-order valence-electron chi connectivity index (χ2n) is 8.25. The van der Waals surface area contributed by atoms with Crippen LogP contribution in [0.3, 0.4) is 0 Å². The Morgan fingerprint density at radius 2 is 1.91 bits per heavy atom. The van der Waals surface area contributed by atoms with E-state index in [1.807, 2.05) is 91.1 Å². The second-order valence-corrected chi connectivity index (χ2v) is 9.17. The van der Waals surface area contributed by atoms with E-state index in [4.69, 9.17) is 4.98 Å². The lowest BCUT2D eigenvalue weighted by atomic mass is 10.0. The summed E-state index contributed by atoms with van der Waals surface area (Å²) in [4.78, 5) is 18.3. The molecule has 0 atom stereocenters. The minimum Gasteiger partial charge on any atom is -0.322 e. The van der Waals surface area contributed by atoms with Gasteiger partial charge in [-0.3, -0.25) is 14.2 Å². The number of benzene rings is 2. The first-order valence-electron chi connectivity index (χ1n) is 10.9. The molecule has 3 aromatic heterocycles. The van der Waals surface area contributed by atoms with Crippen molar-refractivity contribution in [1.82, 2.24) is 24.5 Å². The van der Waals surface area contributed by atoms with Gasteiger partial charge in [0.15, 0.2) is 0 Å². The molecule has 34 heavy (non-hydrogen) atoms. The number of fused-ring (bicyclic) bond motifs is 1. The lowest BCUT2D eigenvalue weighted by Crippen LogP contribution is -2.13. The molecule has 0 fully saturated rings. The Morgan fingerprint density at radius 1 is 1.09 bits per heavy atom. The molecule has 170 valence electrons. The lowest BCUT2D eigenvalue weighted by Gasteiger charge is -2.12. The summed E-state index contributed by atoms with van der Waals surface area (Å²) in [6.45, 7) is 4.58. The van der Waals surface area contributed by atoms with Crippen LogP contribution >= 0.6 is 15.9 Å². The molecule has 7 nitrogen and oxygen atoms in total. The highest BCUT2D eigenvalue weighted by Gasteiger charge is 2.18. The molecular weight excluding hydrogens is 492 g/mol. The first-order valence-corrected chi connectivity index (χ1v) is 11.7. The second kappa shape index (κ2) is 8.87. The van der Waals surface area contributed by atoms with Crippen molar-refractivity contribution in [3.8, 4) is 11.3 Å². The molecule has 0 aliphatic heterocycles. The third-order valence-corrected chi connectivity index (χ3v) is 6.27. The molecule has 8 heteroatoms. The van der Waals surface area contributed by atoms with Gasteiger partial charge in [-0.1, -0.05) is 30.3 Å². The normalized spacial score (nSPS) is 11.2. The maximum atomic E-state index is 13.5. The molecular formula is C26H23BrN6O. The van der Waals surface area contributed by atoms with Crippen LogP contribution < -0.4 is 5.32 Å². The number of nitrogens with one attached hydrogen (secondary N) is 1. The number of aryl methyl sites for hydroxylation is 2. The molecule has 1 amide bonds. The van der Waals surface area contributed by atoms with Gasteiger partial charge in [0, 0.05) is 35.6 Å². The van der Waals surface area contributed by atoms with Crippen LogP contribution in [0.5, 0.6) is 0 Å². The first kappa shape index (κ1) is 22.0. The standard InChI is InChI=1S/C26H23BrN6O/c1-16-25(17(2)32(3)31-16)24-12-22(21-9-4-5-10-23(21)30-24)26(34)29-20-8-6-7-18(11-20)14-33-15-19(27)13-28-33/h4-13,15H,14H2,1-3H3,(H,29,34).